The predicted octanol–water partition coefficient (Wildman–Crippen LogP) is 4.03. The number of anilines is 1. The zero-order chi connectivity index (χ0) is 16.2. The summed E-state index contributed by atoms with van der Waals surface area (Å²) in [6.45, 7) is 0. The van der Waals surface area contributed by atoms with Crippen molar-refractivity contribution >= 4 is 24.0 Å². The van der Waals surface area contributed by atoms with Crippen LogP contribution < -0.4 is 11.1 Å². The second kappa shape index (κ2) is 8.15. The molecule has 0 aliphatic heterocycles. The highest BCUT2D eigenvalue weighted by Crippen LogP contribution is 2.37. The molecule has 0 aromatic heterocycles. The first kappa shape index (κ1) is 18.3. The normalized spacial score (nSPS) is 15.0. The van der Waals surface area contributed by atoms with Gasteiger partial charge >= 0.3 is 0 Å². The second-order valence-corrected chi connectivity index (χ2v) is 6.21. The first-order valence-corrected chi connectivity index (χ1v) is 8.01. The standard InChI is InChI=1S/C19H21FN2O.ClH/c20-16-8-6-15(7-9-16)19(14-2-1-3-14)22-18(23)12-13-4-10-17(21)11-5-13;/h4-11,14,19H,1-3,12,21H2,(H,22,23);1H. The van der Waals surface area contributed by atoms with E-state index in [1.54, 1.807) is 24.3 Å². The highest BCUT2D eigenvalue weighted by Gasteiger charge is 2.29. The van der Waals surface area contributed by atoms with Gasteiger partial charge in [-0.3, -0.25) is 4.79 Å². The molecule has 1 unspecified atom stereocenters. The molecule has 3 N–H and O–H groups in total. The number of nitrogens with one attached hydrogen (secondary N) is 1. The van der Waals surface area contributed by atoms with Gasteiger partial charge in [-0.25, -0.2) is 4.39 Å². The lowest BCUT2D eigenvalue weighted by Gasteiger charge is -2.34. The highest BCUT2D eigenvalue weighted by molar-refractivity contribution is 5.85. The number of carbonyl (C=O) groups is 1. The van der Waals surface area contributed by atoms with E-state index in [0.717, 1.165) is 24.0 Å². The lowest BCUT2D eigenvalue weighted by molar-refractivity contribution is -0.121. The fraction of sp³-hybridized carbons (Fsp3) is 0.316. The minimum absolute atomic E-state index is 0. The Balaban J connectivity index is 0.00000208. The van der Waals surface area contributed by atoms with Gasteiger partial charge in [-0.05, 0) is 54.2 Å². The van der Waals surface area contributed by atoms with Crippen molar-refractivity contribution in [2.24, 2.45) is 5.92 Å². The number of halogens is 2. The van der Waals surface area contributed by atoms with Crippen LogP contribution in [-0.2, 0) is 11.2 Å². The number of nitrogen functional groups attached to an aromatic ring is 1. The Hall–Kier alpha value is -2.07. The summed E-state index contributed by atoms with van der Waals surface area (Å²) < 4.78 is 13.1. The largest absolute Gasteiger partial charge is 0.399 e. The molecule has 0 spiro atoms. The van der Waals surface area contributed by atoms with Crippen LogP contribution in [0.2, 0.25) is 0 Å². The molecule has 3 rings (SSSR count). The number of benzene rings is 2. The van der Waals surface area contributed by atoms with Crippen LogP contribution in [0.3, 0.4) is 0 Å². The van der Waals surface area contributed by atoms with Crippen molar-refractivity contribution < 1.29 is 9.18 Å². The number of hydrogen-bond acceptors (Lipinski definition) is 2. The molecule has 5 heteroatoms. The quantitative estimate of drug-likeness (QED) is 0.801. The van der Waals surface area contributed by atoms with Gasteiger partial charge in [0.05, 0.1) is 12.5 Å². The van der Waals surface area contributed by atoms with Gasteiger partial charge in [0.15, 0.2) is 0 Å². The monoisotopic (exact) mass is 348 g/mol. The van der Waals surface area contributed by atoms with Crippen molar-refractivity contribution in [2.75, 3.05) is 5.73 Å². The SMILES string of the molecule is Cl.Nc1ccc(CC(=O)NC(c2ccc(F)cc2)C2CCC2)cc1. The maximum absolute atomic E-state index is 13.1. The molecule has 2 aromatic carbocycles. The van der Waals surface area contributed by atoms with Crippen LogP contribution in [0, 0.1) is 11.7 Å². The molecule has 1 aliphatic rings. The Kier molecular flexibility index (Phi) is 6.21. The zero-order valence-corrected chi connectivity index (χ0v) is 14.2. The van der Waals surface area contributed by atoms with Gasteiger partial charge < -0.3 is 11.1 Å². The summed E-state index contributed by atoms with van der Waals surface area (Å²) in [5.74, 6) is 0.168. The fourth-order valence-corrected chi connectivity index (χ4v) is 2.96. The summed E-state index contributed by atoms with van der Waals surface area (Å²) in [5, 5.41) is 3.13. The average molecular weight is 349 g/mol. The molecule has 1 fully saturated rings. The topological polar surface area (TPSA) is 55.1 Å². The first-order chi connectivity index (χ1) is 11.1. The van der Waals surface area contributed by atoms with Crippen molar-refractivity contribution in [3.8, 4) is 0 Å². The Morgan fingerprint density at radius 1 is 1.12 bits per heavy atom. The third-order valence-electron chi connectivity index (χ3n) is 4.51. The minimum atomic E-state index is -0.255. The van der Waals surface area contributed by atoms with Gasteiger partial charge in [-0.15, -0.1) is 12.4 Å². The van der Waals surface area contributed by atoms with E-state index in [4.69, 9.17) is 5.73 Å². The van der Waals surface area contributed by atoms with Gasteiger partial charge in [0.2, 0.25) is 5.91 Å². The summed E-state index contributed by atoms with van der Waals surface area (Å²) in [6, 6.07) is 13.7. The van der Waals surface area contributed by atoms with Crippen molar-refractivity contribution in [3.63, 3.8) is 0 Å². The number of amides is 1. The molecule has 0 bridgehead atoms. The first-order valence-electron chi connectivity index (χ1n) is 8.01. The van der Waals surface area contributed by atoms with E-state index in [0.29, 0.717) is 18.0 Å². The molecular weight excluding hydrogens is 327 g/mol. The number of carbonyl (C=O) groups excluding carboxylic acids is 1. The maximum atomic E-state index is 13.1. The van der Waals surface area contributed by atoms with Crippen molar-refractivity contribution in [1.29, 1.82) is 0 Å². The van der Waals surface area contributed by atoms with Crippen LogP contribution in [0.1, 0.15) is 36.4 Å². The molecule has 128 valence electrons. The summed E-state index contributed by atoms with van der Waals surface area (Å²) in [5.41, 5.74) is 8.26. The van der Waals surface area contributed by atoms with E-state index in [-0.39, 0.29) is 30.2 Å². The van der Waals surface area contributed by atoms with Crippen molar-refractivity contribution in [3.05, 3.63) is 65.5 Å². The number of nitrogens with two attached hydrogens (primary N) is 1. The highest BCUT2D eigenvalue weighted by atomic mass is 35.5. The summed E-state index contributed by atoms with van der Waals surface area (Å²) >= 11 is 0. The Morgan fingerprint density at radius 2 is 1.75 bits per heavy atom. The van der Waals surface area contributed by atoms with Gasteiger partial charge in [0.1, 0.15) is 5.82 Å². The molecule has 1 amide bonds. The summed E-state index contributed by atoms with van der Waals surface area (Å²) in [7, 11) is 0. The van der Waals surface area contributed by atoms with E-state index in [1.807, 2.05) is 12.1 Å². The van der Waals surface area contributed by atoms with Crippen LogP contribution in [0.25, 0.3) is 0 Å². The summed E-state index contributed by atoms with van der Waals surface area (Å²) in [4.78, 5) is 12.4. The van der Waals surface area contributed by atoms with E-state index in [2.05, 4.69) is 5.32 Å². The van der Waals surface area contributed by atoms with Crippen LogP contribution in [-0.4, -0.2) is 5.91 Å². The number of rotatable bonds is 5. The van der Waals surface area contributed by atoms with E-state index in [1.165, 1.54) is 18.6 Å². The Bertz CT molecular complexity index is 669. The fourth-order valence-electron chi connectivity index (χ4n) is 2.96. The summed E-state index contributed by atoms with van der Waals surface area (Å²) in [6.07, 6.45) is 3.72. The molecule has 1 aliphatic carbocycles. The van der Waals surface area contributed by atoms with Gasteiger partial charge in [-0.1, -0.05) is 30.7 Å². The second-order valence-electron chi connectivity index (χ2n) is 6.21. The molecular formula is C19H22ClFN2O. The maximum Gasteiger partial charge on any atom is 0.224 e. The van der Waals surface area contributed by atoms with Crippen LogP contribution >= 0.6 is 12.4 Å². The molecule has 1 atom stereocenters. The molecule has 0 heterocycles. The number of hydrogen-bond donors (Lipinski definition) is 2. The van der Waals surface area contributed by atoms with E-state index < -0.39 is 0 Å². The molecule has 2 aromatic rings. The predicted molar refractivity (Wildman–Crippen MR) is 96.4 cm³/mol. The zero-order valence-electron chi connectivity index (χ0n) is 13.4. The Labute approximate surface area is 147 Å². The average Bonchev–Trinajstić information content (AvgIpc) is 2.48. The van der Waals surface area contributed by atoms with E-state index >= 15 is 0 Å². The van der Waals surface area contributed by atoms with Crippen molar-refractivity contribution in [2.45, 2.75) is 31.7 Å². The minimum Gasteiger partial charge on any atom is -0.399 e. The lowest BCUT2D eigenvalue weighted by atomic mass is 9.77. The molecule has 1 saturated carbocycles. The van der Waals surface area contributed by atoms with Crippen LogP contribution in [0.5, 0.6) is 0 Å². The van der Waals surface area contributed by atoms with Gasteiger partial charge in [0, 0.05) is 5.69 Å². The molecule has 0 saturated heterocycles. The third-order valence-corrected chi connectivity index (χ3v) is 4.51. The third kappa shape index (κ3) is 4.48. The van der Waals surface area contributed by atoms with Gasteiger partial charge in [0.25, 0.3) is 0 Å². The molecule has 3 nitrogen and oxygen atoms in total. The molecule has 0 radical (unpaired) electrons. The van der Waals surface area contributed by atoms with Crippen LogP contribution in [0.15, 0.2) is 48.5 Å². The Morgan fingerprint density at radius 3 is 2.29 bits per heavy atom. The van der Waals surface area contributed by atoms with Crippen molar-refractivity contribution in [1.82, 2.24) is 5.32 Å². The lowest BCUT2D eigenvalue weighted by Crippen LogP contribution is -2.37. The smallest absolute Gasteiger partial charge is 0.224 e. The van der Waals surface area contributed by atoms with Gasteiger partial charge in [-0.2, -0.15) is 0 Å². The van der Waals surface area contributed by atoms with Crippen LogP contribution in [0.4, 0.5) is 10.1 Å². The van der Waals surface area contributed by atoms with E-state index in [9.17, 15) is 9.18 Å². The molecule has 24 heavy (non-hydrogen) atoms.